The number of piperidine rings is 1. The van der Waals surface area contributed by atoms with Gasteiger partial charge < -0.3 is 10.2 Å². The lowest BCUT2D eigenvalue weighted by Crippen LogP contribution is -2.42. The van der Waals surface area contributed by atoms with Crippen LogP contribution in [0, 0.1) is 5.92 Å². The van der Waals surface area contributed by atoms with Crippen molar-refractivity contribution in [2.45, 2.75) is 12.8 Å². The Morgan fingerprint density at radius 3 is 2.80 bits per heavy atom. The quantitative estimate of drug-likeness (QED) is 0.833. The first kappa shape index (κ1) is 18.0. The molecule has 0 aliphatic carbocycles. The Morgan fingerprint density at radius 2 is 2.08 bits per heavy atom. The highest BCUT2D eigenvalue weighted by Gasteiger charge is 2.22. The van der Waals surface area contributed by atoms with E-state index in [1.807, 2.05) is 18.2 Å². The van der Waals surface area contributed by atoms with Crippen LogP contribution in [-0.2, 0) is 4.79 Å². The third-order valence-electron chi connectivity index (χ3n) is 4.96. The number of benzene rings is 1. The van der Waals surface area contributed by atoms with Gasteiger partial charge in [0.15, 0.2) is 0 Å². The van der Waals surface area contributed by atoms with Crippen LogP contribution in [-0.4, -0.2) is 56.1 Å². The van der Waals surface area contributed by atoms with Crippen LogP contribution >= 0.6 is 11.6 Å². The molecule has 6 heteroatoms. The second-order valence-corrected chi connectivity index (χ2v) is 7.12. The van der Waals surface area contributed by atoms with Gasteiger partial charge in [0.05, 0.1) is 6.54 Å². The van der Waals surface area contributed by atoms with E-state index in [-0.39, 0.29) is 5.91 Å². The molecule has 0 spiro atoms. The fourth-order valence-corrected chi connectivity index (χ4v) is 3.69. The average molecular weight is 361 g/mol. The van der Waals surface area contributed by atoms with Crippen molar-refractivity contribution in [1.29, 1.82) is 0 Å². The van der Waals surface area contributed by atoms with Crippen molar-refractivity contribution in [2.24, 2.45) is 5.92 Å². The lowest BCUT2D eigenvalue weighted by atomic mass is 9.96. The SMILES string of the molecule is CNC(=O)CN1CCC(CN(C)c2cc3ccccc3c(Cl)n2)CC1. The number of amides is 1. The first-order valence-corrected chi connectivity index (χ1v) is 9.14. The summed E-state index contributed by atoms with van der Waals surface area (Å²) >= 11 is 6.35. The summed E-state index contributed by atoms with van der Waals surface area (Å²) in [6.45, 7) is 3.39. The first-order valence-electron chi connectivity index (χ1n) is 8.76. The highest BCUT2D eigenvalue weighted by atomic mass is 35.5. The normalized spacial score (nSPS) is 16.1. The van der Waals surface area contributed by atoms with Gasteiger partial charge in [-0.25, -0.2) is 4.98 Å². The van der Waals surface area contributed by atoms with E-state index in [1.165, 1.54) is 0 Å². The Balaban J connectivity index is 1.60. The maximum atomic E-state index is 11.5. The Morgan fingerprint density at radius 1 is 1.36 bits per heavy atom. The van der Waals surface area contributed by atoms with E-state index in [4.69, 9.17) is 11.6 Å². The molecule has 1 aliphatic rings. The maximum Gasteiger partial charge on any atom is 0.233 e. The summed E-state index contributed by atoms with van der Waals surface area (Å²) in [6, 6.07) is 10.2. The second kappa shape index (κ2) is 8.02. The highest BCUT2D eigenvalue weighted by molar-refractivity contribution is 6.34. The van der Waals surface area contributed by atoms with Gasteiger partial charge >= 0.3 is 0 Å². The molecule has 134 valence electrons. The number of nitrogens with one attached hydrogen (secondary N) is 1. The van der Waals surface area contributed by atoms with E-state index in [9.17, 15) is 4.79 Å². The van der Waals surface area contributed by atoms with Crippen LogP contribution in [0.5, 0.6) is 0 Å². The van der Waals surface area contributed by atoms with Crippen molar-refractivity contribution in [2.75, 3.05) is 45.2 Å². The summed E-state index contributed by atoms with van der Waals surface area (Å²) in [5.41, 5.74) is 0. The summed E-state index contributed by atoms with van der Waals surface area (Å²) in [7, 11) is 3.76. The third kappa shape index (κ3) is 4.41. The van der Waals surface area contributed by atoms with E-state index >= 15 is 0 Å². The predicted molar refractivity (Wildman–Crippen MR) is 103 cm³/mol. The van der Waals surface area contributed by atoms with Gasteiger partial charge in [-0.15, -0.1) is 0 Å². The Labute approximate surface area is 154 Å². The number of likely N-dealkylation sites (tertiary alicyclic amines) is 1. The summed E-state index contributed by atoms with van der Waals surface area (Å²) in [5, 5.41) is 5.35. The van der Waals surface area contributed by atoms with E-state index < -0.39 is 0 Å². The molecule has 1 aliphatic heterocycles. The number of hydrogen-bond donors (Lipinski definition) is 1. The summed E-state index contributed by atoms with van der Waals surface area (Å²) in [5.74, 6) is 1.61. The van der Waals surface area contributed by atoms with Gasteiger partial charge in [-0.2, -0.15) is 0 Å². The van der Waals surface area contributed by atoms with Crippen LogP contribution in [0.25, 0.3) is 10.8 Å². The van der Waals surface area contributed by atoms with Gasteiger partial charge in [-0.05, 0) is 43.3 Å². The maximum absolute atomic E-state index is 11.5. The minimum Gasteiger partial charge on any atom is -0.359 e. The Hall–Kier alpha value is -1.85. The van der Waals surface area contributed by atoms with E-state index in [1.54, 1.807) is 7.05 Å². The van der Waals surface area contributed by atoms with Crippen molar-refractivity contribution in [3.63, 3.8) is 0 Å². The summed E-state index contributed by atoms with van der Waals surface area (Å²) < 4.78 is 0. The number of pyridine rings is 1. The number of fused-ring (bicyclic) bond motifs is 1. The van der Waals surface area contributed by atoms with Gasteiger partial charge in [-0.1, -0.05) is 35.9 Å². The molecule has 0 bridgehead atoms. The molecule has 0 unspecified atom stereocenters. The zero-order valence-electron chi connectivity index (χ0n) is 14.8. The molecule has 1 aromatic carbocycles. The number of hydrogen-bond acceptors (Lipinski definition) is 4. The lowest BCUT2D eigenvalue weighted by molar-refractivity contribution is -0.122. The van der Waals surface area contributed by atoms with Crippen molar-refractivity contribution in [1.82, 2.24) is 15.2 Å². The van der Waals surface area contributed by atoms with Gasteiger partial charge in [0.1, 0.15) is 11.0 Å². The van der Waals surface area contributed by atoms with Crippen molar-refractivity contribution >= 4 is 34.1 Å². The number of aromatic nitrogens is 1. The number of carbonyl (C=O) groups excluding carboxylic acids is 1. The number of rotatable bonds is 5. The predicted octanol–water partition coefficient (Wildman–Crippen LogP) is 2.78. The van der Waals surface area contributed by atoms with Gasteiger partial charge in [0.2, 0.25) is 5.91 Å². The summed E-state index contributed by atoms with van der Waals surface area (Å²) in [6.07, 6.45) is 2.20. The van der Waals surface area contributed by atoms with Gasteiger partial charge in [0, 0.05) is 26.0 Å². The van der Waals surface area contributed by atoms with Gasteiger partial charge in [0.25, 0.3) is 0 Å². The molecule has 1 fully saturated rings. The molecular formula is C19H25ClN4O. The zero-order chi connectivity index (χ0) is 17.8. The van der Waals surface area contributed by atoms with Crippen LogP contribution in [0.2, 0.25) is 5.15 Å². The largest absolute Gasteiger partial charge is 0.359 e. The van der Waals surface area contributed by atoms with Crippen molar-refractivity contribution in [3.8, 4) is 0 Å². The minimum atomic E-state index is 0.0885. The van der Waals surface area contributed by atoms with Crippen molar-refractivity contribution in [3.05, 3.63) is 35.5 Å². The molecule has 2 aromatic rings. The fourth-order valence-electron chi connectivity index (χ4n) is 3.43. The monoisotopic (exact) mass is 360 g/mol. The molecule has 3 rings (SSSR count). The molecule has 0 atom stereocenters. The molecular weight excluding hydrogens is 336 g/mol. The Kier molecular flexibility index (Phi) is 5.76. The molecule has 0 saturated carbocycles. The number of likely N-dealkylation sites (N-methyl/N-ethyl adjacent to an activating group) is 1. The van der Waals surface area contributed by atoms with E-state index in [0.29, 0.717) is 17.6 Å². The fraction of sp³-hybridized carbons (Fsp3) is 0.474. The van der Waals surface area contributed by atoms with Gasteiger partial charge in [-0.3, -0.25) is 9.69 Å². The lowest BCUT2D eigenvalue weighted by Gasteiger charge is -2.33. The van der Waals surface area contributed by atoms with E-state index in [2.05, 4.69) is 39.3 Å². The molecule has 1 amide bonds. The number of carbonyl (C=O) groups is 1. The highest BCUT2D eigenvalue weighted by Crippen LogP contribution is 2.27. The third-order valence-corrected chi connectivity index (χ3v) is 5.24. The standard InChI is InChI=1S/C19H25ClN4O/c1-21-18(25)13-24-9-7-14(8-10-24)12-23(2)17-11-15-5-3-4-6-16(15)19(20)22-17/h3-6,11,14H,7-10,12-13H2,1-2H3,(H,21,25). The number of nitrogens with zero attached hydrogens (tertiary/aromatic N) is 3. The zero-order valence-corrected chi connectivity index (χ0v) is 15.6. The Bertz CT molecular complexity index is 743. The second-order valence-electron chi connectivity index (χ2n) is 6.77. The topological polar surface area (TPSA) is 48.5 Å². The average Bonchev–Trinajstić information content (AvgIpc) is 2.63. The molecule has 5 nitrogen and oxygen atoms in total. The molecule has 2 heterocycles. The van der Waals surface area contributed by atoms with Crippen LogP contribution < -0.4 is 10.2 Å². The van der Waals surface area contributed by atoms with Crippen LogP contribution in [0.15, 0.2) is 30.3 Å². The molecule has 25 heavy (non-hydrogen) atoms. The molecule has 1 N–H and O–H groups in total. The van der Waals surface area contributed by atoms with E-state index in [0.717, 1.165) is 49.1 Å². The van der Waals surface area contributed by atoms with Crippen LogP contribution in [0.1, 0.15) is 12.8 Å². The van der Waals surface area contributed by atoms with Crippen LogP contribution in [0.4, 0.5) is 5.82 Å². The number of halogens is 1. The minimum absolute atomic E-state index is 0.0885. The smallest absolute Gasteiger partial charge is 0.233 e. The van der Waals surface area contributed by atoms with Crippen LogP contribution in [0.3, 0.4) is 0 Å². The van der Waals surface area contributed by atoms with Crippen molar-refractivity contribution < 1.29 is 4.79 Å². The molecule has 1 saturated heterocycles. The number of anilines is 1. The molecule has 0 radical (unpaired) electrons. The summed E-state index contributed by atoms with van der Waals surface area (Å²) in [4.78, 5) is 20.5. The first-order chi connectivity index (χ1) is 12.1. The molecule has 1 aromatic heterocycles.